The highest BCUT2D eigenvalue weighted by molar-refractivity contribution is 5.80. The van der Waals surface area contributed by atoms with Crippen molar-refractivity contribution in [1.82, 2.24) is 9.91 Å². The lowest BCUT2D eigenvalue weighted by Gasteiger charge is -2.21. The van der Waals surface area contributed by atoms with E-state index in [4.69, 9.17) is 0 Å². The van der Waals surface area contributed by atoms with Crippen molar-refractivity contribution in [2.45, 2.75) is 20.0 Å². The molecule has 0 bridgehead atoms. The molecule has 0 radical (unpaired) electrons. The van der Waals surface area contributed by atoms with E-state index in [-0.39, 0.29) is 0 Å². The number of hydrogen-bond donors (Lipinski definition) is 0. The van der Waals surface area contributed by atoms with Gasteiger partial charge < -0.3 is 4.90 Å². The fourth-order valence-corrected chi connectivity index (χ4v) is 0.903. The Kier molecular flexibility index (Phi) is 1.35. The molecule has 1 aliphatic rings. The monoisotopic (exact) mass is 127 g/mol. The number of hydrazone groups is 1. The van der Waals surface area contributed by atoms with Gasteiger partial charge in [0.15, 0.2) is 0 Å². The van der Waals surface area contributed by atoms with Gasteiger partial charge in [-0.05, 0) is 13.8 Å². The molecule has 3 nitrogen and oxygen atoms in total. The zero-order valence-corrected chi connectivity index (χ0v) is 6.42. The smallest absolute Gasteiger partial charge is 0.123 e. The van der Waals surface area contributed by atoms with E-state index < -0.39 is 0 Å². The maximum absolute atomic E-state index is 4.23. The lowest BCUT2D eigenvalue weighted by Crippen LogP contribution is -2.34. The van der Waals surface area contributed by atoms with E-state index >= 15 is 0 Å². The van der Waals surface area contributed by atoms with Crippen LogP contribution in [-0.4, -0.2) is 36.0 Å². The molecule has 0 saturated carbocycles. The van der Waals surface area contributed by atoms with Crippen molar-refractivity contribution >= 4 is 5.84 Å². The highest BCUT2D eigenvalue weighted by Gasteiger charge is 2.20. The molecule has 0 fully saturated rings. The first-order valence-corrected chi connectivity index (χ1v) is 3.14. The Balaban J connectivity index is 2.70. The Morgan fingerprint density at radius 1 is 1.44 bits per heavy atom. The zero-order valence-electron chi connectivity index (χ0n) is 6.42. The number of nitrogens with zero attached hydrogens (tertiary/aromatic N) is 3. The standard InChI is InChI=1S/C6H13N3/c1-5-7-9(4)6(2)8(5)3/h6H,1-4H3/t6-/m0/s1. The molecule has 1 rings (SSSR count). The molecule has 1 heterocycles. The van der Waals surface area contributed by atoms with E-state index in [9.17, 15) is 0 Å². The Labute approximate surface area is 55.9 Å². The minimum atomic E-state index is 0.421. The van der Waals surface area contributed by atoms with Crippen LogP contribution < -0.4 is 0 Å². The molecule has 1 aliphatic heterocycles. The lowest BCUT2D eigenvalue weighted by molar-refractivity contribution is 0.199. The summed E-state index contributed by atoms with van der Waals surface area (Å²) >= 11 is 0. The SMILES string of the molecule is CC1=NN(C)[C@@H](C)N1C. The fourth-order valence-electron chi connectivity index (χ4n) is 0.903. The van der Waals surface area contributed by atoms with Gasteiger partial charge in [-0.15, -0.1) is 0 Å². The van der Waals surface area contributed by atoms with Gasteiger partial charge in [-0.1, -0.05) is 0 Å². The summed E-state index contributed by atoms with van der Waals surface area (Å²) in [6.45, 7) is 4.14. The van der Waals surface area contributed by atoms with Crippen LogP contribution in [0.2, 0.25) is 0 Å². The number of rotatable bonds is 0. The Hall–Kier alpha value is -0.730. The summed E-state index contributed by atoms with van der Waals surface area (Å²) < 4.78 is 0. The van der Waals surface area contributed by atoms with Crippen LogP contribution in [0.3, 0.4) is 0 Å². The summed E-state index contributed by atoms with van der Waals surface area (Å²) in [7, 11) is 4.03. The molecule has 0 unspecified atom stereocenters. The highest BCUT2D eigenvalue weighted by Crippen LogP contribution is 2.10. The van der Waals surface area contributed by atoms with Gasteiger partial charge in [0, 0.05) is 14.1 Å². The summed E-state index contributed by atoms with van der Waals surface area (Å²) in [5.74, 6) is 1.09. The molecular weight excluding hydrogens is 114 g/mol. The maximum atomic E-state index is 4.23. The highest BCUT2D eigenvalue weighted by atomic mass is 15.6. The predicted octanol–water partition coefficient (Wildman–Crippen LogP) is 0.543. The molecule has 1 atom stereocenters. The molecule has 52 valence electrons. The van der Waals surface area contributed by atoms with Crippen LogP contribution in [0.25, 0.3) is 0 Å². The van der Waals surface area contributed by atoms with Crippen molar-refractivity contribution in [1.29, 1.82) is 0 Å². The van der Waals surface area contributed by atoms with Crippen LogP contribution in [0.15, 0.2) is 5.10 Å². The van der Waals surface area contributed by atoms with Gasteiger partial charge >= 0.3 is 0 Å². The third kappa shape index (κ3) is 0.866. The second kappa shape index (κ2) is 1.90. The van der Waals surface area contributed by atoms with E-state index in [1.165, 1.54) is 0 Å². The summed E-state index contributed by atoms with van der Waals surface area (Å²) in [4.78, 5) is 2.14. The van der Waals surface area contributed by atoms with Gasteiger partial charge in [0.1, 0.15) is 12.0 Å². The molecule has 0 aliphatic carbocycles. The van der Waals surface area contributed by atoms with Crippen LogP contribution in [0.4, 0.5) is 0 Å². The van der Waals surface area contributed by atoms with Gasteiger partial charge in [0.25, 0.3) is 0 Å². The molecule has 0 spiro atoms. The van der Waals surface area contributed by atoms with Crippen molar-refractivity contribution in [3.8, 4) is 0 Å². The first kappa shape index (κ1) is 6.39. The summed E-state index contributed by atoms with van der Waals surface area (Å²) in [6, 6.07) is 0. The van der Waals surface area contributed by atoms with E-state index in [2.05, 4.69) is 16.9 Å². The third-order valence-electron chi connectivity index (χ3n) is 1.91. The average Bonchev–Trinajstić information content (AvgIpc) is 1.98. The first-order valence-electron chi connectivity index (χ1n) is 3.14. The normalized spacial score (nSPS) is 27.1. The minimum Gasteiger partial charge on any atom is -0.340 e. The van der Waals surface area contributed by atoms with Crippen molar-refractivity contribution in [2.75, 3.05) is 14.1 Å². The molecule has 0 aromatic carbocycles. The van der Waals surface area contributed by atoms with Gasteiger partial charge in [-0.2, -0.15) is 5.10 Å². The van der Waals surface area contributed by atoms with E-state index in [0.29, 0.717) is 6.17 Å². The van der Waals surface area contributed by atoms with Gasteiger partial charge in [0.05, 0.1) is 0 Å². The van der Waals surface area contributed by atoms with Crippen LogP contribution >= 0.6 is 0 Å². The van der Waals surface area contributed by atoms with Crippen molar-refractivity contribution in [3.05, 3.63) is 0 Å². The molecule has 0 amide bonds. The topological polar surface area (TPSA) is 18.8 Å². The maximum Gasteiger partial charge on any atom is 0.123 e. The quantitative estimate of drug-likeness (QED) is 0.473. The van der Waals surface area contributed by atoms with E-state index in [1.807, 2.05) is 26.0 Å². The summed E-state index contributed by atoms with van der Waals surface area (Å²) in [5, 5.41) is 6.18. The Morgan fingerprint density at radius 2 is 2.00 bits per heavy atom. The Bertz CT molecular complexity index is 141. The second-order valence-electron chi connectivity index (χ2n) is 2.46. The lowest BCUT2D eigenvalue weighted by atomic mass is 10.5. The molecule has 0 aromatic rings. The average molecular weight is 127 g/mol. The second-order valence-corrected chi connectivity index (χ2v) is 2.46. The third-order valence-corrected chi connectivity index (χ3v) is 1.91. The molecular formula is C6H13N3. The minimum absolute atomic E-state index is 0.421. The first-order chi connectivity index (χ1) is 4.13. The molecule has 0 N–H and O–H groups in total. The summed E-state index contributed by atoms with van der Waals surface area (Å²) in [5.41, 5.74) is 0. The molecule has 3 heteroatoms. The predicted molar refractivity (Wildman–Crippen MR) is 38.1 cm³/mol. The van der Waals surface area contributed by atoms with Crippen molar-refractivity contribution in [3.63, 3.8) is 0 Å². The Morgan fingerprint density at radius 3 is 2.11 bits per heavy atom. The van der Waals surface area contributed by atoms with Crippen LogP contribution in [0, 0.1) is 0 Å². The molecule has 0 aromatic heterocycles. The number of hydrogen-bond acceptors (Lipinski definition) is 3. The van der Waals surface area contributed by atoms with Crippen LogP contribution in [0.1, 0.15) is 13.8 Å². The number of amidine groups is 1. The fraction of sp³-hybridized carbons (Fsp3) is 0.833. The molecule has 9 heavy (non-hydrogen) atoms. The van der Waals surface area contributed by atoms with Crippen LogP contribution in [0.5, 0.6) is 0 Å². The van der Waals surface area contributed by atoms with Gasteiger partial charge in [-0.3, -0.25) is 5.01 Å². The van der Waals surface area contributed by atoms with Crippen molar-refractivity contribution in [2.24, 2.45) is 5.10 Å². The van der Waals surface area contributed by atoms with Crippen molar-refractivity contribution < 1.29 is 0 Å². The van der Waals surface area contributed by atoms with Gasteiger partial charge in [-0.25, -0.2) is 0 Å². The van der Waals surface area contributed by atoms with Crippen LogP contribution in [-0.2, 0) is 0 Å². The largest absolute Gasteiger partial charge is 0.340 e. The van der Waals surface area contributed by atoms with Gasteiger partial charge in [0.2, 0.25) is 0 Å². The van der Waals surface area contributed by atoms with E-state index in [1.54, 1.807) is 0 Å². The zero-order chi connectivity index (χ0) is 7.02. The van der Waals surface area contributed by atoms with E-state index in [0.717, 1.165) is 5.84 Å². The molecule has 0 saturated heterocycles. The summed E-state index contributed by atoms with van der Waals surface area (Å²) in [6.07, 6.45) is 0.421.